The van der Waals surface area contributed by atoms with Crippen molar-refractivity contribution in [1.29, 1.82) is 0 Å². The molecule has 2 aromatic rings. The Kier molecular flexibility index (Phi) is 5.36. The van der Waals surface area contributed by atoms with E-state index in [4.69, 9.17) is 4.42 Å². The summed E-state index contributed by atoms with van der Waals surface area (Å²) in [6, 6.07) is 9.50. The van der Waals surface area contributed by atoms with E-state index in [9.17, 15) is 9.00 Å². The van der Waals surface area contributed by atoms with Gasteiger partial charge in [0.05, 0.1) is 11.4 Å². The first kappa shape index (κ1) is 17.4. The Balaban J connectivity index is 2.01. The standard InChI is InChI=1S/C17H22N2O3S/c1-12(15(20)19-17(2,3)4)23(21)11-14-10-22-16(18-14)13-8-6-5-7-9-13/h5-10,12H,11H2,1-4H3,(H,19,20)/t12-,23+/m1/s1. The highest BCUT2D eigenvalue weighted by molar-refractivity contribution is 7.85. The van der Waals surface area contributed by atoms with Crippen LogP contribution in [0.5, 0.6) is 0 Å². The van der Waals surface area contributed by atoms with Crippen LogP contribution in [-0.4, -0.2) is 25.9 Å². The van der Waals surface area contributed by atoms with Gasteiger partial charge >= 0.3 is 0 Å². The van der Waals surface area contributed by atoms with Crippen LogP contribution in [0.3, 0.4) is 0 Å². The number of nitrogens with zero attached hydrogens (tertiary/aromatic N) is 1. The monoisotopic (exact) mass is 334 g/mol. The normalized spacial score (nSPS) is 14.3. The van der Waals surface area contributed by atoms with Gasteiger partial charge in [-0.25, -0.2) is 4.98 Å². The summed E-state index contributed by atoms with van der Waals surface area (Å²) >= 11 is 0. The van der Waals surface area contributed by atoms with Crippen LogP contribution in [0.1, 0.15) is 33.4 Å². The Labute approximate surface area is 139 Å². The highest BCUT2D eigenvalue weighted by Gasteiger charge is 2.24. The summed E-state index contributed by atoms with van der Waals surface area (Å²) in [5.74, 6) is 0.460. The van der Waals surface area contributed by atoms with E-state index >= 15 is 0 Å². The Morgan fingerprint density at radius 2 is 1.96 bits per heavy atom. The second-order valence-electron chi connectivity index (χ2n) is 6.42. The van der Waals surface area contributed by atoms with Gasteiger partial charge in [0.25, 0.3) is 0 Å². The predicted molar refractivity (Wildman–Crippen MR) is 91.1 cm³/mol. The highest BCUT2D eigenvalue weighted by atomic mass is 32.2. The predicted octanol–water partition coefficient (Wildman–Crippen LogP) is 2.89. The number of benzene rings is 1. The number of oxazole rings is 1. The number of rotatable bonds is 5. The third-order valence-corrected chi connectivity index (χ3v) is 4.71. The lowest BCUT2D eigenvalue weighted by atomic mass is 10.1. The summed E-state index contributed by atoms with van der Waals surface area (Å²) in [6.45, 7) is 7.34. The zero-order valence-electron chi connectivity index (χ0n) is 13.8. The second kappa shape index (κ2) is 7.08. The molecule has 0 bridgehead atoms. The van der Waals surface area contributed by atoms with Crippen molar-refractivity contribution in [1.82, 2.24) is 10.3 Å². The fraction of sp³-hybridized carbons (Fsp3) is 0.412. The largest absolute Gasteiger partial charge is 0.444 e. The molecule has 0 fully saturated rings. The topological polar surface area (TPSA) is 72.2 Å². The molecule has 1 aromatic heterocycles. The number of hydrogen-bond acceptors (Lipinski definition) is 4. The summed E-state index contributed by atoms with van der Waals surface area (Å²) < 4.78 is 17.8. The van der Waals surface area contributed by atoms with Gasteiger partial charge in [0.2, 0.25) is 11.8 Å². The quantitative estimate of drug-likeness (QED) is 0.912. The molecule has 6 heteroatoms. The van der Waals surface area contributed by atoms with Crippen LogP contribution in [0.4, 0.5) is 0 Å². The van der Waals surface area contributed by atoms with Crippen molar-refractivity contribution in [2.75, 3.05) is 0 Å². The van der Waals surface area contributed by atoms with Gasteiger partial charge in [0.1, 0.15) is 11.5 Å². The van der Waals surface area contributed by atoms with Gasteiger partial charge in [0, 0.05) is 21.9 Å². The first-order valence-corrected chi connectivity index (χ1v) is 8.83. The molecule has 5 nitrogen and oxygen atoms in total. The van der Waals surface area contributed by atoms with E-state index in [-0.39, 0.29) is 17.2 Å². The van der Waals surface area contributed by atoms with Crippen LogP contribution in [-0.2, 0) is 21.3 Å². The van der Waals surface area contributed by atoms with Gasteiger partial charge in [-0.15, -0.1) is 0 Å². The maximum atomic E-state index is 12.4. The van der Waals surface area contributed by atoms with Crippen molar-refractivity contribution < 1.29 is 13.4 Å². The van der Waals surface area contributed by atoms with Gasteiger partial charge in [-0.1, -0.05) is 18.2 Å². The molecule has 0 saturated carbocycles. The fourth-order valence-electron chi connectivity index (χ4n) is 1.95. The molecule has 23 heavy (non-hydrogen) atoms. The van der Waals surface area contributed by atoms with Crippen molar-refractivity contribution >= 4 is 16.7 Å². The third kappa shape index (κ3) is 5.03. The van der Waals surface area contributed by atoms with Gasteiger partial charge in [-0.05, 0) is 39.8 Å². The van der Waals surface area contributed by atoms with Crippen LogP contribution in [0.15, 0.2) is 41.0 Å². The average Bonchev–Trinajstić information content (AvgIpc) is 2.94. The van der Waals surface area contributed by atoms with Gasteiger partial charge in [-0.2, -0.15) is 0 Å². The minimum absolute atomic E-state index is 0.190. The van der Waals surface area contributed by atoms with Gasteiger partial charge in [-0.3, -0.25) is 9.00 Å². The molecule has 0 radical (unpaired) electrons. The van der Waals surface area contributed by atoms with Crippen LogP contribution in [0.25, 0.3) is 11.5 Å². The third-order valence-electron chi connectivity index (χ3n) is 3.12. The number of amides is 1. The summed E-state index contributed by atoms with van der Waals surface area (Å²) in [5.41, 5.74) is 1.10. The fourth-order valence-corrected chi connectivity index (χ4v) is 2.92. The summed E-state index contributed by atoms with van der Waals surface area (Å²) in [5, 5.41) is 2.24. The van der Waals surface area contributed by atoms with E-state index in [1.165, 1.54) is 6.26 Å². The zero-order valence-corrected chi connectivity index (χ0v) is 14.6. The van der Waals surface area contributed by atoms with Crippen molar-refractivity contribution in [3.63, 3.8) is 0 Å². The number of carbonyl (C=O) groups excluding carboxylic acids is 1. The lowest BCUT2D eigenvalue weighted by Crippen LogP contribution is -2.46. The Morgan fingerprint density at radius 1 is 1.30 bits per heavy atom. The molecule has 2 rings (SSSR count). The molecule has 0 unspecified atom stereocenters. The van der Waals surface area contributed by atoms with Crippen molar-refractivity contribution in [3.05, 3.63) is 42.3 Å². The molecule has 2 atom stereocenters. The number of carbonyl (C=O) groups is 1. The average molecular weight is 334 g/mol. The molecular formula is C17H22N2O3S. The minimum Gasteiger partial charge on any atom is -0.444 e. The molecule has 0 aliphatic rings. The maximum Gasteiger partial charge on any atom is 0.235 e. The van der Waals surface area contributed by atoms with Crippen LogP contribution < -0.4 is 5.32 Å². The number of nitrogens with one attached hydrogen (secondary N) is 1. The first-order valence-electron chi connectivity index (χ1n) is 7.45. The zero-order chi connectivity index (χ0) is 17.0. The van der Waals surface area contributed by atoms with Crippen molar-refractivity contribution in [2.45, 2.75) is 44.2 Å². The lowest BCUT2D eigenvalue weighted by Gasteiger charge is -2.22. The molecular weight excluding hydrogens is 312 g/mol. The molecule has 0 saturated heterocycles. The molecule has 124 valence electrons. The SMILES string of the molecule is C[C@H](C(=O)NC(C)(C)C)[S@@](=O)Cc1coc(-c2ccccc2)n1. The maximum absolute atomic E-state index is 12.4. The van der Waals surface area contributed by atoms with E-state index < -0.39 is 16.0 Å². The van der Waals surface area contributed by atoms with E-state index in [0.717, 1.165) is 5.56 Å². The summed E-state index contributed by atoms with van der Waals surface area (Å²) in [7, 11) is -1.36. The molecule has 1 N–H and O–H groups in total. The Hall–Kier alpha value is -1.95. The molecule has 0 aliphatic heterocycles. The van der Waals surface area contributed by atoms with Crippen molar-refractivity contribution in [3.8, 4) is 11.5 Å². The Bertz CT molecular complexity index is 689. The molecule has 0 spiro atoms. The van der Waals surface area contributed by atoms with Crippen LogP contribution in [0.2, 0.25) is 0 Å². The molecule has 1 aromatic carbocycles. The smallest absolute Gasteiger partial charge is 0.235 e. The van der Waals surface area contributed by atoms with E-state index in [2.05, 4.69) is 10.3 Å². The first-order chi connectivity index (χ1) is 10.8. The second-order valence-corrected chi connectivity index (χ2v) is 8.17. The lowest BCUT2D eigenvalue weighted by molar-refractivity contribution is -0.121. The van der Waals surface area contributed by atoms with Crippen LogP contribution >= 0.6 is 0 Å². The number of aromatic nitrogens is 1. The van der Waals surface area contributed by atoms with E-state index in [1.54, 1.807) is 6.92 Å². The molecule has 1 heterocycles. The van der Waals surface area contributed by atoms with E-state index in [1.807, 2.05) is 51.1 Å². The summed E-state index contributed by atoms with van der Waals surface area (Å²) in [4.78, 5) is 16.4. The van der Waals surface area contributed by atoms with Gasteiger partial charge < -0.3 is 9.73 Å². The van der Waals surface area contributed by atoms with Gasteiger partial charge in [0.15, 0.2) is 0 Å². The summed E-state index contributed by atoms with van der Waals surface area (Å²) in [6.07, 6.45) is 1.49. The minimum atomic E-state index is -1.36. The van der Waals surface area contributed by atoms with Crippen molar-refractivity contribution in [2.24, 2.45) is 0 Å². The number of hydrogen-bond donors (Lipinski definition) is 1. The van der Waals surface area contributed by atoms with E-state index in [0.29, 0.717) is 11.6 Å². The Morgan fingerprint density at radius 3 is 2.57 bits per heavy atom. The van der Waals surface area contributed by atoms with Crippen LogP contribution in [0, 0.1) is 0 Å². The molecule has 1 amide bonds. The highest BCUT2D eigenvalue weighted by Crippen LogP contribution is 2.19. The molecule has 0 aliphatic carbocycles.